The van der Waals surface area contributed by atoms with Gasteiger partial charge in [-0.3, -0.25) is 10.1 Å². The van der Waals surface area contributed by atoms with Gasteiger partial charge in [-0.25, -0.2) is 22.9 Å². The van der Waals surface area contributed by atoms with Crippen LogP contribution in [-0.2, 0) is 9.53 Å². The maximum Gasteiger partial charge on any atom is 0.331 e. The fraction of sp³-hybridized carbons (Fsp3) is 0.345. The van der Waals surface area contributed by atoms with E-state index in [4.69, 9.17) is 9.84 Å². The Morgan fingerprint density at radius 1 is 1.13 bits per heavy atom. The van der Waals surface area contributed by atoms with Crippen molar-refractivity contribution in [2.24, 2.45) is 0 Å². The zero-order valence-corrected chi connectivity index (χ0v) is 22.8. The number of hydrogen-bond acceptors (Lipinski definition) is 5. The number of nitrogens with zero attached hydrogens (tertiary/aromatic N) is 1. The van der Waals surface area contributed by atoms with Crippen LogP contribution in [0.25, 0.3) is 17.3 Å². The number of thiazole rings is 1. The molecule has 2 aromatic carbocycles. The molecule has 3 rings (SSSR count). The number of aromatic nitrogens is 1. The van der Waals surface area contributed by atoms with Crippen LogP contribution in [0.5, 0.6) is 0 Å². The summed E-state index contributed by atoms with van der Waals surface area (Å²) in [6.45, 7) is 3.35. The second kappa shape index (κ2) is 14.0. The van der Waals surface area contributed by atoms with Crippen LogP contribution in [0, 0.1) is 17.5 Å². The first kappa shape index (κ1) is 30.0. The van der Waals surface area contributed by atoms with Crippen LogP contribution < -0.4 is 5.32 Å². The van der Waals surface area contributed by atoms with Crippen molar-refractivity contribution in [2.45, 2.75) is 58.5 Å². The number of halogens is 3. The Labute approximate surface area is 229 Å². The van der Waals surface area contributed by atoms with Crippen LogP contribution in [0.2, 0.25) is 0 Å². The topological polar surface area (TPSA) is 88.5 Å². The molecule has 0 aliphatic carbocycles. The van der Waals surface area contributed by atoms with Gasteiger partial charge in [0.25, 0.3) is 5.91 Å². The lowest BCUT2D eigenvalue weighted by atomic mass is 9.98. The average molecular weight is 561 g/mol. The molecule has 0 saturated heterocycles. The minimum atomic E-state index is -1.32. The van der Waals surface area contributed by atoms with Crippen molar-refractivity contribution in [1.29, 1.82) is 0 Å². The van der Waals surface area contributed by atoms with Gasteiger partial charge < -0.3 is 9.84 Å². The van der Waals surface area contributed by atoms with E-state index in [1.165, 1.54) is 13.3 Å². The van der Waals surface area contributed by atoms with Crippen molar-refractivity contribution in [3.05, 3.63) is 75.4 Å². The highest BCUT2D eigenvalue weighted by molar-refractivity contribution is 7.14. The Hall–Kier alpha value is -3.50. The summed E-state index contributed by atoms with van der Waals surface area (Å²) in [4.78, 5) is 27.9. The fourth-order valence-corrected chi connectivity index (χ4v) is 4.79. The molecule has 0 radical (unpaired) electrons. The summed E-state index contributed by atoms with van der Waals surface area (Å²) in [6, 6.07) is 6.62. The van der Waals surface area contributed by atoms with Crippen molar-refractivity contribution in [3.8, 4) is 11.3 Å². The summed E-state index contributed by atoms with van der Waals surface area (Å²) < 4.78 is 50.0. The molecule has 0 saturated carbocycles. The smallest absolute Gasteiger partial charge is 0.331 e. The lowest BCUT2D eigenvalue weighted by Crippen LogP contribution is -2.13. The Balaban J connectivity index is 1.75. The summed E-state index contributed by atoms with van der Waals surface area (Å²) in [6.07, 6.45) is 6.57. The van der Waals surface area contributed by atoms with Gasteiger partial charge >= 0.3 is 5.97 Å². The molecule has 1 unspecified atom stereocenters. The Morgan fingerprint density at radius 3 is 2.46 bits per heavy atom. The van der Waals surface area contributed by atoms with Gasteiger partial charge in [0.15, 0.2) is 5.13 Å². The Kier molecular flexibility index (Phi) is 10.8. The van der Waals surface area contributed by atoms with Crippen LogP contribution in [-0.4, -0.2) is 29.1 Å². The number of benzene rings is 2. The molecule has 10 heteroatoms. The molecule has 39 heavy (non-hydrogen) atoms. The van der Waals surface area contributed by atoms with Gasteiger partial charge in [-0.15, -0.1) is 11.3 Å². The maximum atomic E-state index is 15.5. The van der Waals surface area contributed by atoms with E-state index < -0.39 is 41.0 Å². The van der Waals surface area contributed by atoms with Gasteiger partial charge in [0.05, 0.1) is 11.8 Å². The van der Waals surface area contributed by atoms with Gasteiger partial charge in [0, 0.05) is 40.3 Å². The third kappa shape index (κ3) is 7.77. The van der Waals surface area contributed by atoms with E-state index in [2.05, 4.69) is 17.2 Å². The summed E-state index contributed by atoms with van der Waals surface area (Å²) in [5, 5.41) is 13.1. The SMILES string of the molecule is CCCCCCCC(OC)c1cccc(-c2csc(NC(=O)c3cc(F)c(C=C(C)C(=O)O)c(F)c3)n2)c1F. The molecule has 0 bridgehead atoms. The van der Waals surface area contributed by atoms with Crippen molar-refractivity contribution < 1.29 is 32.6 Å². The average Bonchev–Trinajstić information content (AvgIpc) is 3.36. The van der Waals surface area contributed by atoms with Gasteiger partial charge in [-0.1, -0.05) is 51.2 Å². The number of methoxy groups -OCH3 is 1. The van der Waals surface area contributed by atoms with Crippen molar-refractivity contribution in [3.63, 3.8) is 0 Å². The first-order valence-electron chi connectivity index (χ1n) is 12.6. The monoisotopic (exact) mass is 560 g/mol. The number of ether oxygens (including phenoxy) is 1. The van der Waals surface area contributed by atoms with E-state index in [1.807, 2.05) is 0 Å². The van der Waals surface area contributed by atoms with E-state index >= 15 is 4.39 Å². The molecule has 3 aromatic rings. The van der Waals surface area contributed by atoms with Crippen molar-refractivity contribution in [1.82, 2.24) is 4.98 Å². The highest BCUT2D eigenvalue weighted by Gasteiger charge is 2.21. The number of unbranched alkanes of at least 4 members (excludes halogenated alkanes) is 4. The minimum Gasteiger partial charge on any atom is -0.478 e. The van der Waals surface area contributed by atoms with E-state index in [9.17, 15) is 18.4 Å². The van der Waals surface area contributed by atoms with Crippen LogP contribution >= 0.6 is 11.3 Å². The second-order valence-electron chi connectivity index (χ2n) is 9.11. The van der Waals surface area contributed by atoms with Crippen LogP contribution in [0.4, 0.5) is 18.3 Å². The number of carboxylic acid groups (broad SMARTS) is 1. The van der Waals surface area contributed by atoms with E-state index in [1.54, 1.807) is 30.7 Å². The normalized spacial score (nSPS) is 12.4. The van der Waals surface area contributed by atoms with E-state index in [0.29, 0.717) is 17.7 Å². The van der Waals surface area contributed by atoms with Gasteiger partial charge in [-0.2, -0.15) is 0 Å². The Morgan fingerprint density at radius 2 is 1.82 bits per heavy atom. The maximum absolute atomic E-state index is 15.5. The van der Waals surface area contributed by atoms with Crippen molar-refractivity contribution in [2.75, 3.05) is 12.4 Å². The number of carbonyl (C=O) groups excluding carboxylic acids is 1. The summed E-state index contributed by atoms with van der Waals surface area (Å²) in [5.74, 6) is -4.77. The molecule has 6 nitrogen and oxygen atoms in total. The highest BCUT2D eigenvalue weighted by atomic mass is 32.1. The standard InChI is InChI=1S/C29H31F3N2O4S/c1-4-5-6-7-8-12-25(38-3)20-11-9-10-19(26(20)32)24-16-39-29(33-24)34-27(35)18-14-22(30)21(23(31)15-18)13-17(2)28(36)37/h9-11,13-16,25H,4-8,12H2,1-3H3,(H,36,37)(H,33,34,35). The molecule has 2 N–H and O–H groups in total. The molecule has 0 spiro atoms. The number of anilines is 1. The zero-order valence-electron chi connectivity index (χ0n) is 22.0. The molecule has 1 atom stereocenters. The summed E-state index contributed by atoms with van der Waals surface area (Å²) in [5.41, 5.74) is -0.160. The highest BCUT2D eigenvalue weighted by Crippen LogP contribution is 2.33. The van der Waals surface area contributed by atoms with E-state index in [0.717, 1.165) is 55.2 Å². The van der Waals surface area contributed by atoms with Crippen LogP contribution in [0.3, 0.4) is 0 Å². The lowest BCUT2D eigenvalue weighted by molar-refractivity contribution is -0.132. The van der Waals surface area contributed by atoms with Crippen molar-refractivity contribution >= 4 is 34.4 Å². The number of aliphatic carboxylic acids is 1. The fourth-order valence-electron chi connectivity index (χ4n) is 4.09. The van der Waals surface area contributed by atoms with Gasteiger partial charge in [0.1, 0.15) is 17.5 Å². The molecule has 1 amide bonds. The molecular weight excluding hydrogens is 529 g/mol. The quantitative estimate of drug-likeness (QED) is 0.163. The lowest BCUT2D eigenvalue weighted by Gasteiger charge is -2.17. The number of nitrogens with one attached hydrogen (secondary N) is 1. The third-order valence-corrected chi connectivity index (χ3v) is 7.03. The molecule has 0 fully saturated rings. The molecule has 208 valence electrons. The largest absolute Gasteiger partial charge is 0.478 e. The van der Waals surface area contributed by atoms with E-state index in [-0.39, 0.29) is 21.8 Å². The number of amides is 1. The number of carboxylic acids is 1. The number of carbonyl (C=O) groups is 2. The second-order valence-corrected chi connectivity index (χ2v) is 9.97. The first-order chi connectivity index (χ1) is 18.7. The van der Waals surface area contributed by atoms with Crippen LogP contribution in [0.15, 0.2) is 41.3 Å². The predicted molar refractivity (Wildman–Crippen MR) is 146 cm³/mol. The molecule has 0 aliphatic heterocycles. The number of rotatable bonds is 13. The first-order valence-corrected chi connectivity index (χ1v) is 13.5. The summed E-state index contributed by atoms with van der Waals surface area (Å²) in [7, 11) is 1.56. The zero-order chi connectivity index (χ0) is 28.5. The number of hydrogen-bond donors (Lipinski definition) is 2. The van der Waals surface area contributed by atoms with Gasteiger partial charge in [0.2, 0.25) is 0 Å². The molecule has 1 aromatic heterocycles. The summed E-state index contributed by atoms with van der Waals surface area (Å²) >= 11 is 1.04. The predicted octanol–water partition coefficient (Wildman–Crippen LogP) is 8.02. The third-order valence-electron chi connectivity index (χ3n) is 6.27. The molecule has 1 heterocycles. The van der Waals surface area contributed by atoms with Gasteiger partial charge in [-0.05, 0) is 37.6 Å². The Bertz CT molecular complexity index is 1330. The van der Waals surface area contributed by atoms with Crippen LogP contribution in [0.1, 0.15) is 80.0 Å². The molecule has 0 aliphatic rings. The molecular formula is C29H31F3N2O4S. The minimum absolute atomic E-state index is 0.116.